The van der Waals surface area contributed by atoms with Crippen molar-refractivity contribution in [2.45, 2.75) is 24.7 Å². The number of sulfone groups is 1. The molecule has 18 heavy (non-hydrogen) atoms. The second kappa shape index (κ2) is 5.26. The molecule has 1 aromatic carbocycles. The summed E-state index contributed by atoms with van der Waals surface area (Å²) in [4.78, 5) is 0.269. The van der Waals surface area contributed by atoms with E-state index in [2.05, 4.69) is 5.32 Å². The highest BCUT2D eigenvalue weighted by atomic mass is 32.2. The van der Waals surface area contributed by atoms with E-state index in [0.29, 0.717) is 18.9 Å². The molecule has 1 aromatic rings. The summed E-state index contributed by atoms with van der Waals surface area (Å²) in [5.41, 5.74) is 0.871. The van der Waals surface area contributed by atoms with Gasteiger partial charge >= 0.3 is 0 Å². The van der Waals surface area contributed by atoms with Crippen LogP contribution in [0.15, 0.2) is 23.1 Å². The van der Waals surface area contributed by atoms with Gasteiger partial charge in [-0.1, -0.05) is 13.0 Å². The number of hydrogen-bond acceptors (Lipinski definition) is 5. The lowest BCUT2D eigenvalue weighted by atomic mass is 10.2. The lowest BCUT2D eigenvalue weighted by molar-refractivity contribution is -0.104. The third kappa shape index (κ3) is 3.01. The quantitative estimate of drug-likeness (QED) is 0.882. The number of fused-ring (bicyclic) bond motifs is 1. The van der Waals surface area contributed by atoms with Gasteiger partial charge in [-0.3, -0.25) is 0 Å². The van der Waals surface area contributed by atoms with E-state index in [-0.39, 0.29) is 11.2 Å². The Morgan fingerprint density at radius 2 is 2.22 bits per heavy atom. The number of likely N-dealkylation sites (N-methyl/N-ethyl adjacent to an activating group) is 1. The number of hydrogen-bond donors (Lipinski definition) is 1. The molecule has 0 spiro atoms. The SMILES string of the molecule is CCNCC1OCc2ccc(S(C)(=O)=O)cc2O1. The molecule has 0 bridgehead atoms. The number of rotatable bonds is 4. The maximum Gasteiger partial charge on any atom is 0.212 e. The molecule has 1 heterocycles. The Kier molecular flexibility index (Phi) is 3.89. The molecule has 0 saturated heterocycles. The largest absolute Gasteiger partial charge is 0.463 e. The smallest absolute Gasteiger partial charge is 0.212 e. The zero-order valence-electron chi connectivity index (χ0n) is 10.5. The van der Waals surface area contributed by atoms with E-state index in [9.17, 15) is 8.42 Å². The molecular formula is C12H17NO4S. The lowest BCUT2D eigenvalue weighted by Crippen LogP contribution is -2.36. The van der Waals surface area contributed by atoms with Crippen LogP contribution in [0.2, 0.25) is 0 Å². The third-order valence-corrected chi connectivity index (χ3v) is 3.82. The second-order valence-electron chi connectivity index (χ2n) is 4.21. The van der Waals surface area contributed by atoms with E-state index in [4.69, 9.17) is 9.47 Å². The third-order valence-electron chi connectivity index (χ3n) is 2.71. The first-order valence-corrected chi connectivity index (χ1v) is 7.72. The maximum atomic E-state index is 11.5. The minimum Gasteiger partial charge on any atom is -0.463 e. The Morgan fingerprint density at radius 1 is 1.44 bits per heavy atom. The highest BCUT2D eigenvalue weighted by Gasteiger charge is 2.21. The summed E-state index contributed by atoms with van der Waals surface area (Å²) in [6.07, 6.45) is 0.816. The van der Waals surface area contributed by atoms with Crippen molar-refractivity contribution in [1.82, 2.24) is 5.32 Å². The van der Waals surface area contributed by atoms with Crippen molar-refractivity contribution < 1.29 is 17.9 Å². The molecule has 5 nitrogen and oxygen atoms in total. The summed E-state index contributed by atoms with van der Waals surface area (Å²) in [5.74, 6) is 0.590. The molecule has 1 N–H and O–H groups in total. The predicted octanol–water partition coefficient (Wildman–Crippen LogP) is 0.935. The van der Waals surface area contributed by atoms with E-state index in [0.717, 1.165) is 12.1 Å². The normalized spacial score (nSPS) is 19.1. The van der Waals surface area contributed by atoms with Gasteiger partial charge < -0.3 is 14.8 Å². The molecule has 0 fully saturated rings. The molecule has 1 aliphatic rings. The van der Waals surface area contributed by atoms with E-state index in [1.54, 1.807) is 18.2 Å². The van der Waals surface area contributed by atoms with Crippen molar-refractivity contribution in [3.63, 3.8) is 0 Å². The summed E-state index contributed by atoms with van der Waals surface area (Å²) in [5, 5.41) is 3.13. The van der Waals surface area contributed by atoms with Gasteiger partial charge in [-0.25, -0.2) is 8.42 Å². The first-order valence-electron chi connectivity index (χ1n) is 5.82. The minimum absolute atomic E-state index is 0.269. The first kappa shape index (κ1) is 13.3. The summed E-state index contributed by atoms with van der Waals surface area (Å²) >= 11 is 0. The van der Waals surface area contributed by atoms with Gasteiger partial charge in [-0.2, -0.15) is 0 Å². The summed E-state index contributed by atoms with van der Waals surface area (Å²) in [6.45, 7) is 3.85. The average molecular weight is 271 g/mol. The molecular weight excluding hydrogens is 254 g/mol. The Bertz CT molecular complexity index is 527. The van der Waals surface area contributed by atoms with Crippen molar-refractivity contribution in [2.75, 3.05) is 19.3 Å². The van der Waals surface area contributed by atoms with Crippen LogP contribution in [0.4, 0.5) is 0 Å². The molecule has 0 radical (unpaired) electrons. The Labute approximate surface area is 107 Å². The van der Waals surface area contributed by atoms with Crippen LogP contribution >= 0.6 is 0 Å². The van der Waals surface area contributed by atoms with Crippen molar-refractivity contribution in [2.24, 2.45) is 0 Å². The highest BCUT2D eigenvalue weighted by Crippen LogP contribution is 2.28. The fourth-order valence-electron chi connectivity index (χ4n) is 1.72. The van der Waals surface area contributed by atoms with Gasteiger partial charge in [0.15, 0.2) is 9.84 Å². The molecule has 1 aliphatic heterocycles. The van der Waals surface area contributed by atoms with E-state index < -0.39 is 9.84 Å². The fraction of sp³-hybridized carbons (Fsp3) is 0.500. The lowest BCUT2D eigenvalue weighted by Gasteiger charge is -2.26. The van der Waals surface area contributed by atoms with Crippen molar-refractivity contribution in [3.8, 4) is 5.75 Å². The molecule has 1 unspecified atom stereocenters. The zero-order valence-corrected chi connectivity index (χ0v) is 11.3. The molecule has 6 heteroatoms. The number of ether oxygens (including phenoxy) is 2. The standard InChI is InChI=1S/C12H17NO4S/c1-3-13-7-12-16-8-9-4-5-10(18(2,14)15)6-11(9)17-12/h4-6,12-13H,3,7-8H2,1-2H3. The van der Waals surface area contributed by atoms with Crippen molar-refractivity contribution >= 4 is 9.84 Å². The Balaban J connectivity index is 2.19. The molecule has 100 valence electrons. The van der Waals surface area contributed by atoms with Crippen LogP contribution in [0.5, 0.6) is 5.75 Å². The predicted molar refractivity (Wildman–Crippen MR) is 67.3 cm³/mol. The van der Waals surface area contributed by atoms with Gasteiger partial charge in [0.2, 0.25) is 6.29 Å². The van der Waals surface area contributed by atoms with E-state index >= 15 is 0 Å². The molecule has 0 aromatic heterocycles. The van der Waals surface area contributed by atoms with Crippen LogP contribution in [-0.4, -0.2) is 34.1 Å². The maximum absolute atomic E-state index is 11.5. The van der Waals surface area contributed by atoms with Crippen LogP contribution < -0.4 is 10.1 Å². The summed E-state index contributed by atoms with van der Waals surface area (Å²) < 4.78 is 34.1. The second-order valence-corrected chi connectivity index (χ2v) is 6.22. The van der Waals surface area contributed by atoms with E-state index in [1.807, 2.05) is 6.92 Å². The van der Waals surface area contributed by atoms with Crippen LogP contribution in [0.1, 0.15) is 12.5 Å². The zero-order chi connectivity index (χ0) is 13.2. The monoisotopic (exact) mass is 271 g/mol. The molecule has 0 saturated carbocycles. The summed E-state index contributed by atoms with van der Waals surface area (Å²) in [6, 6.07) is 4.87. The van der Waals surface area contributed by atoms with Gasteiger partial charge in [-0.15, -0.1) is 0 Å². The minimum atomic E-state index is -3.21. The molecule has 0 amide bonds. The van der Waals surface area contributed by atoms with Crippen LogP contribution in [-0.2, 0) is 21.2 Å². The van der Waals surface area contributed by atoms with Gasteiger partial charge in [0.1, 0.15) is 5.75 Å². The molecule has 0 aliphatic carbocycles. The summed E-state index contributed by atoms with van der Waals surface area (Å²) in [7, 11) is -3.21. The molecule has 2 rings (SSSR count). The van der Waals surface area contributed by atoms with Crippen LogP contribution in [0.25, 0.3) is 0 Å². The average Bonchev–Trinajstić information content (AvgIpc) is 2.34. The van der Waals surface area contributed by atoms with Crippen LogP contribution in [0, 0.1) is 0 Å². The van der Waals surface area contributed by atoms with Gasteiger partial charge in [0.05, 0.1) is 18.0 Å². The topological polar surface area (TPSA) is 64.6 Å². The molecule has 1 atom stereocenters. The number of nitrogens with one attached hydrogen (secondary N) is 1. The number of benzene rings is 1. The van der Waals surface area contributed by atoms with Crippen molar-refractivity contribution in [1.29, 1.82) is 0 Å². The fourth-order valence-corrected chi connectivity index (χ4v) is 2.35. The highest BCUT2D eigenvalue weighted by molar-refractivity contribution is 7.90. The Hall–Kier alpha value is -1.11. The first-order chi connectivity index (χ1) is 8.50. The van der Waals surface area contributed by atoms with Gasteiger partial charge in [-0.05, 0) is 18.7 Å². The Morgan fingerprint density at radius 3 is 2.89 bits per heavy atom. The van der Waals surface area contributed by atoms with E-state index in [1.165, 1.54) is 6.26 Å². The van der Waals surface area contributed by atoms with Crippen molar-refractivity contribution in [3.05, 3.63) is 23.8 Å². The van der Waals surface area contributed by atoms with Crippen LogP contribution in [0.3, 0.4) is 0 Å². The van der Waals surface area contributed by atoms with Gasteiger partial charge in [0, 0.05) is 11.8 Å². The van der Waals surface area contributed by atoms with Gasteiger partial charge in [0.25, 0.3) is 0 Å².